The third-order valence-corrected chi connectivity index (χ3v) is 4.53. The average molecular weight is 254 g/mol. The topological polar surface area (TPSA) is 15.3 Å². The van der Waals surface area contributed by atoms with Crippen LogP contribution in [0.15, 0.2) is 30.3 Å². The molecular weight excluding hydrogens is 232 g/mol. The van der Waals surface area contributed by atoms with Crippen molar-refractivity contribution >= 4 is 0 Å². The summed E-state index contributed by atoms with van der Waals surface area (Å²) in [6.45, 7) is 6.85. The van der Waals surface area contributed by atoms with Crippen LogP contribution in [0.1, 0.15) is 18.9 Å². The second-order valence-corrected chi connectivity index (χ2v) is 5.66. The Labute approximate surface area is 116 Å². The fourth-order valence-electron chi connectivity index (χ4n) is 3.62. The van der Waals surface area contributed by atoms with Gasteiger partial charge in [-0.15, -0.1) is 0 Å². The van der Waals surface area contributed by atoms with Crippen LogP contribution in [-0.2, 0) is 0 Å². The van der Waals surface area contributed by atoms with Crippen LogP contribution in [0.3, 0.4) is 0 Å². The first-order chi connectivity index (χ1) is 9.38. The standard InChI is InChI=1S/C17H22N2/c1-2-17-16-12-18-11-15(16)13-19(17)10-6-9-14-7-4-3-5-8-14/h3-5,7-8,15-18H,2,10-13H2,1H3. The molecule has 2 heteroatoms. The van der Waals surface area contributed by atoms with E-state index in [4.69, 9.17) is 0 Å². The summed E-state index contributed by atoms with van der Waals surface area (Å²) in [6, 6.07) is 11.0. The van der Waals surface area contributed by atoms with E-state index in [1.807, 2.05) is 18.2 Å². The van der Waals surface area contributed by atoms with E-state index in [0.29, 0.717) is 0 Å². The van der Waals surface area contributed by atoms with Crippen molar-refractivity contribution in [3.05, 3.63) is 35.9 Å². The molecule has 1 N–H and O–H groups in total. The van der Waals surface area contributed by atoms with E-state index in [9.17, 15) is 0 Å². The molecule has 2 saturated heterocycles. The van der Waals surface area contributed by atoms with E-state index in [1.54, 1.807) is 0 Å². The molecule has 1 aromatic carbocycles. The summed E-state index contributed by atoms with van der Waals surface area (Å²) >= 11 is 0. The Hall–Kier alpha value is -1.30. The highest BCUT2D eigenvalue weighted by Crippen LogP contribution is 2.33. The van der Waals surface area contributed by atoms with Gasteiger partial charge in [0, 0.05) is 18.2 Å². The maximum Gasteiger partial charge on any atom is 0.0607 e. The summed E-state index contributed by atoms with van der Waals surface area (Å²) in [6.07, 6.45) is 1.25. The Morgan fingerprint density at radius 1 is 1.26 bits per heavy atom. The van der Waals surface area contributed by atoms with E-state index in [2.05, 4.69) is 41.1 Å². The summed E-state index contributed by atoms with van der Waals surface area (Å²) in [5.41, 5.74) is 1.12. The number of fused-ring (bicyclic) bond motifs is 1. The lowest BCUT2D eigenvalue weighted by Gasteiger charge is -2.24. The van der Waals surface area contributed by atoms with Gasteiger partial charge in [-0.25, -0.2) is 0 Å². The highest BCUT2D eigenvalue weighted by molar-refractivity contribution is 5.33. The van der Waals surface area contributed by atoms with Crippen molar-refractivity contribution in [2.75, 3.05) is 26.2 Å². The van der Waals surface area contributed by atoms with Crippen LogP contribution in [0.5, 0.6) is 0 Å². The van der Waals surface area contributed by atoms with Crippen molar-refractivity contribution in [2.45, 2.75) is 19.4 Å². The van der Waals surface area contributed by atoms with E-state index in [1.165, 1.54) is 26.1 Å². The van der Waals surface area contributed by atoms with E-state index < -0.39 is 0 Å². The summed E-state index contributed by atoms with van der Waals surface area (Å²) in [7, 11) is 0. The van der Waals surface area contributed by atoms with Crippen LogP contribution in [0.4, 0.5) is 0 Å². The first kappa shape index (κ1) is 12.7. The Morgan fingerprint density at radius 3 is 2.89 bits per heavy atom. The zero-order valence-corrected chi connectivity index (χ0v) is 11.6. The number of hydrogen-bond acceptors (Lipinski definition) is 2. The zero-order chi connectivity index (χ0) is 13.1. The Morgan fingerprint density at radius 2 is 2.11 bits per heavy atom. The predicted molar refractivity (Wildman–Crippen MR) is 78.8 cm³/mol. The number of likely N-dealkylation sites (tertiary alicyclic amines) is 1. The van der Waals surface area contributed by atoms with Gasteiger partial charge in [0.05, 0.1) is 6.54 Å². The molecular formula is C17H22N2. The van der Waals surface area contributed by atoms with Crippen molar-refractivity contribution in [3.63, 3.8) is 0 Å². The number of rotatable bonds is 2. The van der Waals surface area contributed by atoms with Gasteiger partial charge in [0.25, 0.3) is 0 Å². The molecule has 3 rings (SSSR count). The van der Waals surface area contributed by atoms with Crippen molar-refractivity contribution < 1.29 is 0 Å². The molecule has 100 valence electrons. The molecule has 2 heterocycles. The molecule has 0 radical (unpaired) electrons. The normalized spacial score (nSPS) is 29.8. The Bertz CT molecular complexity index is 471. The van der Waals surface area contributed by atoms with Gasteiger partial charge in [0.1, 0.15) is 0 Å². The molecule has 0 spiro atoms. The fourth-order valence-corrected chi connectivity index (χ4v) is 3.62. The van der Waals surface area contributed by atoms with E-state index in [-0.39, 0.29) is 0 Å². The van der Waals surface area contributed by atoms with Gasteiger partial charge in [-0.3, -0.25) is 4.90 Å². The number of nitrogens with zero attached hydrogens (tertiary/aromatic N) is 1. The molecule has 0 bridgehead atoms. The highest BCUT2D eigenvalue weighted by Gasteiger charge is 2.42. The molecule has 0 saturated carbocycles. The second kappa shape index (κ2) is 5.77. The maximum absolute atomic E-state index is 3.53. The van der Waals surface area contributed by atoms with Gasteiger partial charge < -0.3 is 5.32 Å². The van der Waals surface area contributed by atoms with Crippen molar-refractivity contribution in [1.82, 2.24) is 10.2 Å². The van der Waals surface area contributed by atoms with Crippen LogP contribution in [0.25, 0.3) is 0 Å². The molecule has 3 unspecified atom stereocenters. The minimum atomic E-state index is 0.727. The van der Waals surface area contributed by atoms with Gasteiger partial charge in [-0.2, -0.15) is 0 Å². The SMILES string of the molecule is CCC1C2CNCC2CN1CC#Cc1ccccc1. The lowest BCUT2D eigenvalue weighted by Crippen LogP contribution is -2.35. The second-order valence-electron chi connectivity index (χ2n) is 5.66. The molecule has 2 aliphatic heterocycles. The lowest BCUT2D eigenvalue weighted by atomic mass is 9.93. The molecule has 0 aliphatic carbocycles. The summed E-state index contributed by atoms with van der Waals surface area (Å²) in [5.74, 6) is 8.33. The fraction of sp³-hybridized carbons (Fsp3) is 0.529. The van der Waals surface area contributed by atoms with Crippen LogP contribution in [0.2, 0.25) is 0 Å². The maximum atomic E-state index is 3.53. The first-order valence-corrected chi connectivity index (χ1v) is 7.37. The molecule has 2 fully saturated rings. The predicted octanol–water partition coefficient (Wildman–Crippen LogP) is 1.97. The van der Waals surface area contributed by atoms with Crippen LogP contribution in [0, 0.1) is 23.7 Å². The van der Waals surface area contributed by atoms with Gasteiger partial charge in [0.15, 0.2) is 0 Å². The quantitative estimate of drug-likeness (QED) is 0.812. The van der Waals surface area contributed by atoms with Crippen molar-refractivity contribution in [3.8, 4) is 11.8 Å². The number of benzene rings is 1. The average Bonchev–Trinajstić information content (AvgIpc) is 3.00. The Balaban J connectivity index is 1.63. The lowest BCUT2D eigenvalue weighted by molar-refractivity contribution is 0.243. The third-order valence-electron chi connectivity index (χ3n) is 4.53. The minimum Gasteiger partial charge on any atom is -0.316 e. The third kappa shape index (κ3) is 2.68. The number of nitrogens with one attached hydrogen (secondary N) is 1. The number of hydrogen-bond donors (Lipinski definition) is 1. The largest absolute Gasteiger partial charge is 0.316 e. The molecule has 2 aliphatic rings. The highest BCUT2D eigenvalue weighted by atomic mass is 15.2. The van der Waals surface area contributed by atoms with E-state index >= 15 is 0 Å². The monoisotopic (exact) mass is 254 g/mol. The van der Waals surface area contributed by atoms with Gasteiger partial charge in [0.2, 0.25) is 0 Å². The molecule has 0 amide bonds. The smallest absolute Gasteiger partial charge is 0.0607 e. The summed E-state index contributed by atoms with van der Waals surface area (Å²) < 4.78 is 0. The van der Waals surface area contributed by atoms with Crippen LogP contribution >= 0.6 is 0 Å². The minimum absolute atomic E-state index is 0.727. The molecule has 2 nitrogen and oxygen atoms in total. The molecule has 3 atom stereocenters. The zero-order valence-electron chi connectivity index (χ0n) is 11.6. The van der Waals surface area contributed by atoms with Gasteiger partial charge >= 0.3 is 0 Å². The van der Waals surface area contributed by atoms with Crippen molar-refractivity contribution in [1.29, 1.82) is 0 Å². The molecule has 0 aromatic heterocycles. The molecule has 19 heavy (non-hydrogen) atoms. The van der Waals surface area contributed by atoms with Crippen LogP contribution in [-0.4, -0.2) is 37.1 Å². The summed E-state index contributed by atoms with van der Waals surface area (Å²) in [5, 5.41) is 3.53. The van der Waals surface area contributed by atoms with Gasteiger partial charge in [-0.1, -0.05) is 37.0 Å². The molecule has 1 aromatic rings. The van der Waals surface area contributed by atoms with Gasteiger partial charge in [-0.05, 0) is 43.5 Å². The van der Waals surface area contributed by atoms with E-state index in [0.717, 1.165) is 30.0 Å². The first-order valence-electron chi connectivity index (χ1n) is 7.37. The van der Waals surface area contributed by atoms with Crippen molar-refractivity contribution in [2.24, 2.45) is 11.8 Å². The Kier molecular flexibility index (Phi) is 3.87. The summed E-state index contributed by atoms with van der Waals surface area (Å²) in [4.78, 5) is 2.59. The van der Waals surface area contributed by atoms with Crippen LogP contribution < -0.4 is 5.32 Å².